The number of ether oxygens (including phenoxy) is 1. The van der Waals surface area contributed by atoms with Crippen LogP contribution in [0.1, 0.15) is 24.8 Å². The van der Waals surface area contributed by atoms with E-state index in [9.17, 15) is 22.4 Å². The van der Waals surface area contributed by atoms with Crippen molar-refractivity contribution >= 4 is 27.6 Å². The highest BCUT2D eigenvalue weighted by Crippen LogP contribution is 2.63. The van der Waals surface area contributed by atoms with Crippen molar-refractivity contribution in [1.29, 1.82) is 0 Å². The van der Waals surface area contributed by atoms with Gasteiger partial charge in [0.25, 0.3) is 5.88 Å². The minimum Gasteiger partial charge on any atom is -0.388 e. The molecule has 1 saturated carbocycles. The summed E-state index contributed by atoms with van der Waals surface area (Å²) in [5.41, 5.74) is 2.67. The summed E-state index contributed by atoms with van der Waals surface area (Å²) >= 11 is 0. The lowest BCUT2D eigenvalue weighted by atomic mass is 9.73. The van der Waals surface area contributed by atoms with Gasteiger partial charge in [-0.15, -0.1) is 0 Å². The fourth-order valence-electron chi connectivity index (χ4n) is 4.29. The molecule has 33 heavy (non-hydrogen) atoms. The van der Waals surface area contributed by atoms with Crippen molar-refractivity contribution in [3.8, 4) is 5.88 Å². The Labute approximate surface area is 188 Å². The molecule has 0 bridgehead atoms. The van der Waals surface area contributed by atoms with Gasteiger partial charge in [0, 0.05) is 12.0 Å². The molecule has 1 fully saturated rings. The maximum absolute atomic E-state index is 15.6. The highest BCUT2D eigenvalue weighted by atomic mass is 32.2. The van der Waals surface area contributed by atoms with Gasteiger partial charge in [0.1, 0.15) is 11.4 Å². The first-order valence-corrected chi connectivity index (χ1v) is 11.7. The van der Waals surface area contributed by atoms with E-state index in [0.29, 0.717) is 5.56 Å². The molecule has 3 N–H and O–H groups in total. The maximum atomic E-state index is 15.6. The van der Waals surface area contributed by atoms with E-state index in [4.69, 9.17) is 10.5 Å². The lowest BCUT2D eigenvalue weighted by Gasteiger charge is -2.40. The zero-order valence-corrected chi connectivity index (χ0v) is 18.2. The SMILES string of the molecule is CS(=O)(=O)NC(=O)C1(C2(n3ncc(F)c3OC(N)=O)C=CC(c3ccccc3)=C(F)C2)CC1. The Morgan fingerprint density at radius 3 is 2.42 bits per heavy atom. The van der Waals surface area contributed by atoms with Crippen molar-refractivity contribution in [3.05, 3.63) is 65.9 Å². The first-order chi connectivity index (χ1) is 15.5. The van der Waals surface area contributed by atoms with Gasteiger partial charge in [0.2, 0.25) is 21.7 Å². The third kappa shape index (κ3) is 3.90. The number of hydrogen-bond donors (Lipinski definition) is 2. The molecule has 2 amide bonds. The Bertz CT molecular complexity index is 1300. The smallest absolute Gasteiger partial charge is 0.388 e. The predicted molar refractivity (Wildman–Crippen MR) is 113 cm³/mol. The predicted octanol–water partition coefficient (Wildman–Crippen LogP) is 2.37. The molecule has 12 heteroatoms. The number of hydrogen-bond acceptors (Lipinski definition) is 6. The number of nitrogens with two attached hydrogens (primary N) is 1. The average molecular weight is 478 g/mol. The number of aromatic nitrogens is 2. The highest BCUT2D eigenvalue weighted by molar-refractivity contribution is 7.89. The first-order valence-electron chi connectivity index (χ1n) is 9.86. The minimum absolute atomic E-state index is 0.157. The Hall–Kier alpha value is -3.54. The number of allylic oxidation sites excluding steroid dienone is 4. The third-order valence-corrected chi connectivity index (χ3v) is 6.43. The Morgan fingerprint density at radius 2 is 1.88 bits per heavy atom. The van der Waals surface area contributed by atoms with Gasteiger partial charge in [0.05, 0.1) is 17.9 Å². The van der Waals surface area contributed by atoms with Crippen LogP contribution < -0.4 is 15.2 Å². The van der Waals surface area contributed by atoms with Crippen LogP contribution in [0.15, 0.2) is 54.5 Å². The number of amides is 2. The van der Waals surface area contributed by atoms with Crippen molar-refractivity contribution < 1.29 is 31.5 Å². The quantitative estimate of drug-likeness (QED) is 0.655. The fraction of sp³-hybridized carbons (Fsp3) is 0.286. The van der Waals surface area contributed by atoms with Crippen molar-refractivity contribution in [2.75, 3.05) is 6.26 Å². The van der Waals surface area contributed by atoms with E-state index >= 15 is 4.39 Å². The van der Waals surface area contributed by atoms with Crippen LogP contribution in [0, 0.1) is 11.2 Å². The number of benzene rings is 1. The summed E-state index contributed by atoms with van der Waals surface area (Å²) in [6.07, 6.45) is 2.95. The van der Waals surface area contributed by atoms with Crippen LogP contribution in [-0.2, 0) is 20.4 Å². The fourth-order valence-corrected chi connectivity index (χ4v) is 4.82. The molecule has 9 nitrogen and oxygen atoms in total. The Morgan fingerprint density at radius 1 is 1.21 bits per heavy atom. The molecule has 2 aliphatic carbocycles. The maximum Gasteiger partial charge on any atom is 0.411 e. The van der Waals surface area contributed by atoms with E-state index in [1.165, 1.54) is 12.2 Å². The van der Waals surface area contributed by atoms with E-state index in [2.05, 4.69) is 5.10 Å². The molecular formula is C21H20F2N4O5S. The molecule has 2 aromatic rings. The normalized spacial score (nSPS) is 21.5. The van der Waals surface area contributed by atoms with E-state index in [1.807, 2.05) is 4.72 Å². The van der Waals surface area contributed by atoms with E-state index in [1.54, 1.807) is 30.3 Å². The van der Waals surface area contributed by atoms with Crippen LogP contribution in [0.3, 0.4) is 0 Å². The molecule has 1 aromatic carbocycles. The van der Waals surface area contributed by atoms with Crippen LogP contribution >= 0.6 is 0 Å². The number of primary amides is 1. The van der Waals surface area contributed by atoms with E-state index in [0.717, 1.165) is 17.1 Å². The van der Waals surface area contributed by atoms with E-state index in [-0.39, 0.29) is 18.4 Å². The lowest BCUT2D eigenvalue weighted by molar-refractivity contribution is -0.128. The summed E-state index contributed by atoms with van der Waals surface area (Å²) < 4.78 is 61.2. The molecule has 1 aromatic heterocycles. The molecule has 0 radical (unpaired) electrons. The van der Waals surface area contributed by atoms with Crippen LogP contribution in [0.25, 0.3) is 5.57 Å². The van der Waals surface area contributed by atoms with Crippen LogP contribution in [0.2, 0.25) is 0 Å². The third-order valence-electron chi connectivity index (χ3n) is 5.88. The van der Waals surface area contributed by atoms with Gasteiger partial charge in [-0.25, -0.2) is 22.3 Å². The first kappa shape index (κ1) is 22.6. The Kier molecular flexibility index (Phi) is 5.35. The second-order valence-electron chi connectivity index (χ2n) is 8.03. The average Bonchev–Trinajstić information content (AvgIpc) is 3.48. The Balaban J connectivity index is 1.88. The van der Waals surface area contributed by atoms with Crippen molar-refractivity contribution in [2.24, 2.45) is 11.1 Å². The topological polar surface area (TPSA) is 133 Å². The lowest BCUT2D eigenvalue weighted by Crippen LogP contribution is -2.52. The van der Waals surface area contributed by atoms with E-state index < -0.39 is 56.9 Å². The summed E-state index contributed by atoms with van der Waals surface area (Å²) in [6, 6.07) is 8.63. The van der Waals surface area contributed by atoms with Gasteiger partial charge in [0.15, 0.2) is 0 Å². The number of carbonyl (C=O) groups excluding carboxylic acids is 2. The highest BCUT2D eigenvalue weighted by Gasteiger charge is 2.67. The zero-order chi connectivity index (χ0) is 24.0. The van der Waals surface area contributed by atoms with Crippen LogP contribution in [-0.4, -0.2) is 36.5 Å². The second kappa shape index (κ2) is 7.80. The summed E-state index contributed by atoms with van der Waals surface area (Å²) in [6.45, 7) is 0. The molecule has 0 aliphatic heterocycles. The van der Waals surface area contributed by atoms with Gasteiger partial charge < -0.3 is 10.5 Å². The number of rotatable bonds is 6. The summed E-state index contributed by atoms with van der Waals surface area (Å²) in [5, 5.41) is 3.92. The number of sulfonamides is 1. The van der Waals surface area contributed by atoms with Gasteiger partial charge in [-0.1, -0.05) is 42.5 Å². The summed E-state index contributed by atoms with van der Waals surface area (Å²) in [5.74, 6) is -3.30. The van der Waals surface area contributed by atoms with Crippen LogP contribution in [0.5, 0.6) is 5.88 Å². The number of carbonyl (C=O) groups is 2. The summed E-state index contributed by atoms with van der Waals surface area (Å²) in [4.78, 5) is 24.5. The summed E-state index contributed by atoms with van der Waals surface area (Å²) in [7, 11) is -3.94. The molecule has 0 spiro atoms. The van der Waals surface area contributed by atoms with Gasteiger partial charge >= 0.3 is 6.09 Å². The largest absolute Gasteiger partial charge is 0.411 e. The molecule has 1 unspecified atom stereocenters. The van der Waals surface area contributed by atoms with Gasteiger partial charge in [-0.2, -0.15) is 9.49 Å². The molecule has 1 atom stereocenters. The van der Waals surface area contributed by atoms with Crippen molar-refractivity contribution in [2.45, 2.75) is 24.8 Å². The van der Waals surface area contributed by atoms with Crippen molar-refractivity contribution in [1.82, 2.24) is 14.5 Å². The molecule has 0 saturated heterocycles. The van der Waals surface area contributed by atoms with Gasteiger partial charge in [-0.3, -0.25) is 9.52 Å². The van der Waals surface area contributed by atoms with Crippen molar-refractivity contribution in [3.63, 3.8) is 0 Å². The molecular weight excluding hydrogens is 458 g/mol. The minimum atomic E-state index is -3.94. The molecule has 2 aliphatic rings. The van der Waals surface area contributed by atoms with Gasteiger partial charge in [-0.05, 0) is 18.4 Å². The zero-order valence-electron chi connectivity index (χ0n) is 17.4. The number of nitrogens with one attached hydrogen (secondary N) is 1. The standard InChI is InChI=1S/C21H20F2N4O5S/c1-33(30,31)26-18(28)20(9-10-20)21(27-17(32-19(24)29)16(23)12-25-27)8-7-14(15(22)11-21)13-5-3-2-4-6-13/h2-8,12H,9-11H2,1H3,(H2,24,29)(H,26,28). The molecule has 4 rings (SSSR count). The van der Waals surface area contributed by atoms with Crippen LogP contribution in [0.4, 0.5) is 13.6 Å². The number of nitrogens with zero attached hydrogens (tertiary/aromatic N) is 2. The molecule has 174 valence electrons. The number of halogens is 2. The molecule has 1 heterocycles. The monoisotopic (exact) mass is 478 g/mol. The second-order valence-corrected chi connectivity index (χ2v) is 9.78.